The number of rotatable bonds is 7. The Hall–Kier alpha value is -3.69. The number of carbonyl (C=O) groups excluding carboxylic acids is 2. The van der Waals surface area contributed by atoms with Gasteiger partial charge >= 0.3 is 6.18 Å². The summed E-state index contributed by atoms with van der Waals surface area (Å²) in [4.78, 5) is 27.1. The Morgan fingerprint density at radius 1 is 1.00 bits per heavy atom. The first-order valence-corrected chi connectivity index (χ1v) is 12.7. The summed E-state index contributed by atoms with van der Waals surface area (Å²) in [6, 6.07) is 9.39. The number of hydrogen-bond acceptors (Lipinski definition) is 4. The zero-order valence-corrected chi connectivity index (χ0v) is 20.8. The molecule has 0 radical (unpaired) electrons. The quantitative estimate of drug-likeness (QED) is 0.390. The molecule has 0 bridgehead atoms. The summed E-state index contributed by atoms with van der Waals surface area (Å²) in [5, 5.41) is 13.5. The molecule has 2 aliphatic rings. The predicted octanol–water partition coefficient (Wildman–Crippen LogP) is 5.90. The van der Waals surface area contributed by atoms with Crippen LogP contribution in [0.2, 0.25) is 0 Å². The smallest absolute Gasteiger partial charge is 0.372 e. The molecule has 1 aliphatic heterocycles. The van der Waals surface area contributed by atoms with Gasteiger partial charge in [-0.3, -0.25) is 9.59 Å². The van der Waals surface area contributed by atoms with Crippen LogP contribution in [0.1, 0.15) is 60.0 Å². The topological polar surface area (TPSA) is 85.3 Å². The first kappa shape index (κ1) is 27.3. The van der Waals surface area contributed by atoms with Crippen LogP contribution in [0.5, 0.6) is 0 Å². The van der Waals surface area contributed by atoms with Crippen molar-refractivity contribution in [2.45, 2.75) is 51.2 Å². The third kappa shape index (κ3) is 6.99. The molecule has 2 amide bonds. The third-order valence-corrected chi connectivity index (χ3v) is 6.94. The summed E-state index contributed by atoms with van der Waals surface area (Å²) in [6.45, 7) is 1.59. The van der Waals surface area contributed by atoms with Crippen LogP contribution in [0.4, 0.5) is 23.2 Å². The summed E-state index contributed by atoms with van der Waals surface area (Å²) in [5.41, 5.74) is -0.151. The Kier molecular flexibility index (Phi) is 8.48. The van der Waals surface area contributed by atoms with Crippen LogP contribution in [0.25, 0.3) is 0 Å². The van der Waals surface area contributed by atoms with Crippen molar-refractivity contribution in [2.24, 2.45) is 5.92 Å². The fourth-order valence-corrected chi connectivity index (χ4v) is 4.78. The Balaban J connectivity index is 1.37. The minimum Gasteiger partial charge on any atom is -0.372 e. The highest BCUT2D eigenvalue weighted by molar-refractivity contribution is 6.24. The van der Waals surface area contributed by atoms with Crippen molar-refractivity contribution < 1.29 is 27.2 Å². The van der Waals surface area contributed by atoms with E-state index in [0.717, 1.165) is 24.5 Å². The second-order valence-corrected chi connectivity index (χ2v) is 9.80. The molecule has 0 unspecified atom stereocenters. The molecule has 3 N–H and O–H groups in total. The van der Waals surface area contributed by atoms with E-state index in [2.05, 4.69) is 10.6 Å². The summed E-state index contributed by atoms with van der Waals surface area (Å²) in [7, 11) is 0. The summed E-state index contributed by atoms with van der Waals surface area (Å²) < 4.78 is 52.6. The molecule has 4 rings (SSSR count). The number of anilines is 1. The minimum atomic E-state index is -4.90. The van der Waals surface area contributed by atoms with E-state index in [0.29, 0.717) is 43.2 Å². The number of carbonyl (C=O) groups is 2. The van der Waals surface area contributed by atoms with Gasteiger partial charge in [-0.15, -0.1) is 0 Å². The number of alkyl halides is 3. The maximum atomic E-state index is 13.6. The fourth-order valence-electron chi connectivity index (χ4n) is 4.78. The molecule has 1 saturated carbocycles. The van der Waals surface area contributed by atoms with Crippen molar-refractivity contribution in [3.8, 4) is 0 Å². The Bertz CT molecular complexity index is 1220. The molecule has 1 fully saturated rings. The van der Waals surface area contributed by atoms with E-state index in [-0.39, 0.29) is 29.3 Å². The lowest BCUT2D eigenvalue weighted by molar-refractivity contribution is -0.140. The molecule has 1 heterocycles. The number of amides is 2. The molecule has 38 heavy (non-hydrogen) atoms. The van der Waals surface area contributed by atoms with Crippen LogP contribution < -0.4 is 10.6 Å². The number of nitrogens with one attached hydrogen (secondary N) is 3. The molecule has 1 aliphatic carbocycles. The van der Waals surface area contributed by atoms with Crippen molar-refractivity contribution in [1.82, 2.24) is 10.2 Å². The number of hydrogen-bond donors (Lipinski definition) is 3. The zero-order chi connectivity index (χ0) is 27.3. The van der Waals surface area contributed by atoms with Gasteiger partial charge < -0.3 is 20.9 Å². The average Bonchev–Trinajstić information content (AvgIpc) is 2.90. The Morgan fingerprint density at radius 3 is 2.39 bits per heavy atom. The summed E-state index contributed by atoms with van der Waals surface area (Å²) >= 11 is 0. The van der Waals surface area contributed by atoms with Crippen molar-refractivity contribution in [3.05, 3.63) is 76.7 Å². The Morgan fingerprint density at radius 2 is 1.71 bits per heavy atom. The van der Waals surface area contributed by atoms with Gasteiger partial charge in [0.25, 0.3) is 11.8 Å². The minimum absolute atomic E-state index is 0.0212. The molecule has 2 aromatic carbocycles. The van der Waals surface area contributed by atoms with Gasteiger partial charge in [-0.1, -0.05) is 31.4 Å². The molecule has 6 nitrogen and oxygen atoms in total. The second kappa shape index (κ2) is 11.8. The lowest BCUT2D eigenvalue weighted by Gasteiger charge is -2.27. The molecule has 0 saturated heterocycles. The highest BCUT2D eigenvalue weighted by atomic mass is 19.4. The summed E-state index contributed by atoms with van der Waals surface area (Å²) in [5.74, 6) is -1.75. The molecule has 2 aromatic rings. The second-order valence-electron chi connectivity index (χ2n) is 9.80. The van der Waals surface area contributed by atoms with Gasteiger partial charge in [-0.05, 0) is 54.7 Å². The molecule has 0 spiro atoms. The number of nitrogens with zero attached hydrogens (tertiary/aromatic N) is 1. The van der Waals surface area contributed by atoms with E-state index in [1.54, 1.807) is 12.1 Å². The van der Waals surface area contributed by atoms with Gasteiger partial charge in [0, 0.05) is 49.2 Å². The first-order valence-electron chi connectivity index (χ1n) is 12.7. The van der Waals surface area contributed by atoms with Gasteiger partial charge in [0.2, 0.25) is 0 Å². The number of benzene rings is 2. The van der Waals surface area contributed by atoms with E-state index in [9.17, 15) is 27.2 Å². The normalized spacial score (nSPS) is 16.7. The van der Waals surface area contributed by atoms with Gasteiger partial charge in [0.05, 0.1) is 11.1 Å². The SMILES string of the molecule is N=C1CCN(Cc2ccc(C(=O)NCC3CCCCC3)cc2)C=C1C(=O)Nc1ccc(F)c(C(F)(F)F)c1. The molecule has 0 atom stereocenters. The van der Waals surface area contributed by atoms with Crippen LogP contribution in [-0.2, 0) is 17.5 Å². The monoisotopic (exact) mass is 530 g/mol. The van der Waals surface area contributed by atoms with E-state index in [1.807, 2.05) is 17.0 Å². The van der Waals surface area contributed by atoms with Crippen LogP contribution in [0.15, 0.2) is 54.2 Å². The standard InChI is InChI=1S/C28H30F4N4O2/c29-24-11-10-21(14-23(24)28(30,31)32)35-27(38)22-17-36(13-12-25(22)33)16-19-6-8-20(9-7-19)26(37)34-15-18-4-2-1-3-5-18/h6-11,14,17-18,33H,1-5,12-13,15-16H2,(H,34,37)(H,35,38). The van der Waals surface area contributed by atoms with E-state index < -0.39 is 23.5 Å². The van der Waals surface area contributed by atoms with E-state index >= 15 is 0 Å². The first-order chi connectivity index (χ1) is 18.1. The Labute approximate surface area is 218 Å². The molecule has 202 valence electrons. The van der Waals surface area contributed by atoms with Crippen molar-refractivity contribution in [2.75, 3.05) is 18.4 Å². The maximum absolute atomic E-state index is 13.6. The molecular formula is C28H30F4N4O2. The van der Waals surface area contributed by atoms with Gasteiger partial charge in [-0.2, -0.15) is 13.2 Å². The molecular weight excluding hydrogens is 500 g/mol. The van der Waals surface area contributed by atoms with E-state index in [4.69, 9.17) is 5.41 Å². The van der Waals surface area contributed by atoms with Crippen molar-refractivity contribution in [1.29, 1.82) is 5.41 Å². The predicted molar refractivity (Wildman–Crippen MR) is 136 cm³/mol. The highest BCUT2D eigenvalue weighted by Gasteiger charge is 2.34. The van der Waals surface area contributed by atoms with Gasteiger partial charge in [-0.25, -0.2) is 4.39 Å². The van der Waals surface area contributed by atoms with E-state index in [1.165, 1.54) is 25.5 Å². The van der Waals surface area contributed by atoms with Crippen molar-refractivity contribution >= 4 is 23.2 Å². The molecule has 0 aromatic heterocycles. The molecule has 10 heteroatoms. The fraction of sp³-hybridized carbons (Fsp3) is 0.393. The lowest BCUT2D eigenvalue weighted by atomic mass is 9.89. The van der Waals surface area contributed by atoms with Crippen molar-refractivity contribution in [3.63, 3.8) is 0 Å². The summed E-state index contributed by atoms with van der Waals surface area (Å²) in [6.07, 6.45) is 2.88. The van der Waals surface area contributed by atoms with Crippen LogP contribution >= 0.6 is 0 Å². The highest BCUT2D eigenvalue weighted by Crippen LogP contribution is 2.33. The number of halogens is 4. The lowest BCUT2D eigenvalue weighted by Crippen LogP contribution is -2.32. The van der Waals surface area contributed by atoms with Gasteiger partial charge in [0.15, 0.2) is 0 Å². The van der Waals surface area contributed by atoms with Crippen LogP contribution in [0.3, 0.4) is 0 Å². The third-order valence-electron chi connectivity index (χ3n) is 6.94. The largest absolute Gasteiger partial charge is 0.419 e. The van der Waals surface area contributed by atoms with Gasteiger partial charge in [0.1, 0.15) is 5.82 Å². The zero-order valence-electron chi connectivity index (χ0n) is 20.8. The van der Waals surface area contributed by atoms with Crippen LogP contribution in [0, 0.1) is 17.1 Å². The average molecular weight is 531 g/mol. The maximum Gasteiger partial charge on any atom is 0.419 e. The van der Waals surface area contributed by atoms with Crippen LogP contribution in [-0.4, -0.2) is 35.5 Å².